The van der Waals surface area contributed by atoms with Gasteiger partial charge in [-0.3, -0.25) is 4.79 Å². The average molecular weight is 242 g/mol. The van der Waals surface area contributed by atoms with E-state index in [1.165, 1.54) is 0 Å². The number of hydrogen-bond donors (Lipinski definition) is 2. The molecule has 16 heavy (non-hydrogen) atoms. The van der Waals surface area contributed by atoms with Gasteiger partial charge < -0.3 is 15.5 Å². The normalized spacial score (nSPS) is 12.4. The van der Waals surface area contributed by atoms with Crippen LogP contribution in [-0.4, -0.2) is 24.0 Å². The highest BCUT2D eigenvalue weighted by molar-refractivity contribution is 7.99. The van der Waals surface area contributed by atoms with Crippen LogP contribution in [0, 0.1) is 0 Å². The molecule has 1 aromatic rings. The molecule has 0 saturated heterocycles. The minimum Gasteiger partial charge on any atom is -0.467 e. The molecule has 90 valence electrons. The minimum atomic E-state index is -0.0717. The molecule has 0 radical (unpaired) electrons. The van der Waals surface area contributed by atoms with Crippen molar-refractivity contribution in [1.29, 1.82) is 0 Å². The van der Waals surface area contributed by atoms with Gasteiger partial charge in [-0.2, -0.15) is 11.8 Å². The van der Waals surface area contributed by atoms with E-state index in [1.54, 1.807) is 18.0 Å². The molecular formula is C11H18N2O2S. The van der Waals surface area contributed by atoms with Crippen LogP contribution >= 0.6 is 11.8 Å². The maximum Gasteiger partial charge on any atom is 0.230 e. The molecular weight excluding hydrogens is 224 g/mol. The molecule has 3 N–H and O–H groups in total. The fourth-order valence-corrected chi connectivity index (χ4v) is 2.03. The van der Waals surface area contributed by atoms with Gasteiger partial charge in [0.05, 0.1) is 18.1 Å². The third-order valence-corrected chi connectivity index (χ3v) is 3.12. The molecule has 0 aromatic carbocycles. The van der Waals surface area contributed by atoms with E-state index in [2.05, 4.69) is 5.32 Å². The molecule has 1 heterocycles. The maximum atomic E-state index is 11.5. The molecule has 4 nitrogen and oxygen atoms in total. The van der Waals surface area contributed by atoms with E-state index in [1.807, 2.05) is 19.1 Å². The number of nitrogens with two attached hydrogens (primary N) is 1. The van der Waals surface area contributed by atoms with Crippen molar-refractivity contribution in [3.8, 4) is 0 Å². The van der Waals surface area contributed by atoms with Gasteiger partial charge in [-0.05, 0) is 37.8 Å². The number of nitrogens with one attached hydrogen (secondary N) is 1. The molecule has 1 atom stereocenters. The van der Waals surface area contributed by atoms with Crippen molar-refractivity contribution in [1.82, 2.24) is 5.32 Å². The van der Waals surface area contributed by atoms with Crippen LogP contribution in [-0.2, 0) is 4.79 Å². The molecule has 1 amide bonds. The number of amides is 1. The van der Waals surface area contributed by atoms with Gasteiger partial charge in [0.15, 0.2) is 0 Å². The van der Waals surface area contributed by atoms with Crippen molar-refractivity contribution in [2.75, 3.05) is 18.1 Å². The number of rotatable bonds is 7. The van der Waals surface area contributed by atoms with Gasteiger partial charge in [0, 0.05) is 0 Å². The molecule has 1 rings (SSSR count). The zero-order chi connectivity index (χ0) is 11.8. The highest BCUT2D eigenvalue weighted by Gasteiger charge is 2.11. The summed E-state index contributed by atoms with van der Waals surface area (Å²) in [6.07, 6.45) is 2.56. The number of furan rings is 1. The summed E-state index contributed by atoms with van der Waals surface area (Å²) in [5.74, 6) is 2.22. The standard InChI is InChI=1S/C11H18N2O2S/c1-9(10-4-2-6-15-10)13-11(14)8-16-7-3-5-12/h2,4,6,9H,3,5,7-8,12H2,1H3,(H,13,14). The highest BCUT2D eigenvalue weighted by atomic mass is 32.2. The topological polar surface area (TPSA) is 68.3 Å². The Labute approximate surface area is 100.0 Å². The van der Waals surface area contributed by atoms with Crippen LogP contribution in [0.4, 0.5) is 0 Å². The number of hydrogen-bond acceptors (Lipinski definition) is 4. The Kier molecular flexibility index (Phi) is 6.03. The molecule has 5 heteroatoms. The molecule has 0 bridgehead atoms. The molecule has 0 aliphatic rings. The largest absolute Gasteiger partial charge is 0.467 e. The van der Waals surface area contributed by atoms with Crippen molar-refractivity contribution >= 4 is 17.7 Å². The van der Waals surface area contributed by atoms with Crippen molar-refractivity contribution < 1.29 is 9.21 Å². The fourth-order valence-electron chi connectivity index (χ4n) is 1.24. The number of carbonyl (C=O) groups is 1. The summed E-state index contributed by atoms with van der Waals surface area (Å²) in [6.45, 7) is 2.58. The third-order valence-electron chi connectivity index (χ3n) is 2.07. The highest BCUT2D eigenvalue weighted by Crippen LogP contribution is 2.12. The van der Waals surface area contributed by atoms with E-state index in [9.17, 15) is 4.79 Å². The maximum absolute atomic E-state index is 11.5. The van der Waals surface area contributed by atoms with Gasteiger partial charge in [-0.1, -0.05) is 0 Å². The van der Waals surface area contributed by atoms with Crippen LogP contribution < -0.4 is 11.1 Å². The zero-order valence-corrected chi connectivity index (χ0v) is 10.3. The predicted octanol–water partition coefficient (Wildman–Crippen LogP) is 1.54. The SMILES string of the molecule is CC(NC(=O)CSCCCN)c1ccco1. The van der Waals surface area contributed by atoms with Gasteiger partial charge in [0.2, 0.25) is 5.91 Å². The summed E-state index contributed by atoms with van der Waals surface area (Å²) in [5.41, 5.74) is 5.36. The summed E-state index contributed by atoms with van der Waals surface area (Å²) < 4.78 is 5.20. The van der Waals surface area contributed by atoms with Crippen molar-refractivity contribution in [3.05, 3.63) is 24.2 Å². The minimum absolute atomic E-state index is 0.0333. The van der Waals surface area contributed by atoms with Gasteiger partial charge >= 0.3 is 0 Å². The van der Waals surface area contributed by atoms with Crippen LogP contribution in [0.1, 0.15) is 25.1 Å². The Morgan fingerprint density at radius 1 is 1.69 bits per heavy atom. The van der Waals surface area contributed by atoms with Crippen LogP contribution in [0.5, 0.6) is 0 Å². The van der Waals surface area contributed by atoms with Crippen LogP contribution in [0.15, 0.2) is 22.8 Å². The Morgan fingerprint density at radius 2 is 2.50 bits per heavy atom. The lowest BCUT2D eigenvalue weighted by molar-refractivity contribution is -0.119. The first-order valence-corrected chi connectivity index (χ1v) is 6.50. The first kappa shape index (κ1) is 13.1. The van der Waals surface area contributed by atoms with Gasteiger partial charge in [-0.15, -0.1) is 0 Å². The van der Waals surface area contributed by atoms with E-state index < -0.39 is 0 Å². The number of thioether (sulfide) groups is 1. The van der Waals surface area contributed by atoms with E-state index in [-0.39, 0.29) is 11.9 Å². The van der Waals surface area contributed by atoms with Crippen LogP contribution in [0.2, 0.25) is 0 Å². The monoisotopic (exact) mass is 242 g/mol. The fraction of sp³-hybridized carbons (Fsp3) is 0.545. The van der Waals surface area contributed by atoms with Crippen LogP contribution in [0.3, 0.4) is 0 Å². The van der Waals surface area contributed by atoms with E-state index in [0.29, 0.717) is 12.3 Å². The molecule has 0 saturated carbocycles. The average Bonchev–Trinajstić information content (AvgIpc) is 2.77. The Bertz CT molecular complexity index is 301. The predicted molar refractivity (Wildman–Crippen MR) is 66.3 cm³/mol. The zero-order valence-electron chi connectivity index (χ0n) is 9.44. The first-order chi connectivity index (χ1) is 7.74. The molecule has 0 fully saturated rings. The van der Waals surface area contributed by atoms with Crippen molar-refractivity contribution in [2.45, 2.75) is 19.4 Å². The molecule has 1 unspecified atom stereocenters. The summed E-state index contributed by atoms with van der Waals surface area (Å²) in [7, 11) is 0. The van der Waals surface area contributed by atoms with Gasteiger partial charge in [0.1, 0.15) is 5.76 Å². The number of carbonyl (C=O) groups excluding carboxylic acids is 1. The Balaban J connectivity index is 2.19. The summed E-state index contributed by atoms with van der Waals surface area (Å²) in [4.78, 5) is 11.5. The summed E-state index contributed by atoms with van der Waals surface area (Å²) >= 11 is 1.60. The second kappa shape index (κ2) is 7.35. The molecule has 0 aliphatic heterocycles. The van der Waals surface area contributed by atoms with Crippen molar-refractivity contribution in [2.24, 2.45) is 5.73 Å². The van der Waals surface area contributed by atoms with Crippen molar-refractivity contribution in [3.63, 3.8) is 0 Å². The quantitative estimate of drug-likeness (QED) is 0.712. The van der Waals surface area contributed by atoms with Gasteiger partial charge in [-0.25, -0.2) is 0 Å². The lowest BCUT2D eigenvalue weighted by Crippen LogP contribution is -2.28. The lowest BCUT2D eigenvalue weighted by atomic mass is 10.2. The smallest absolute Gasteiger partial charge is 0.230 e. The third kappa shape index (κ3) is 4.72. The lowest BCUT2D eigenvalue weighted by Gasteiger charge is -2.10. The van der Waals surface area contributed by atoms with E-state index >= 15 is 0 Å². The summed E-state index contributed by atoms with van der Waals surface area (Å²) in [6, 6.07) is 3.60. The Hall–Kier alpha value is -0.940. The molecule has 0 aliphatic carbocycles. The second-order valence-electron chi connectivity index (χ2n) is 3.50. The van der Waals surface area contributed by atoms with E-state index in [4.69, 9.17) is 10.2 Å². The van der Waals surface area contributed by atoms with E-state index in [0.717, 1.165) is 17.9 Å². The summed E-state index contributed by atoms with van der Waals surface area (Å²) in [5, 5.41) is 2.87. The molecule has 0 spiro atoms. The second-order valence-corrected chi connectivity index (χ2v) is 4.60. The Morgan fingerprint density at radius 3 is 3.12 bits per heavy atom. The van der Waals surface area contributed by atoms with Crippen LogP contribution in [0.25, 0.3) is 0 Å². The molecule has 1 aromatic heterocycles. The van der Waals surface area contributed by atoms with Gasteiger partial charge in [0.25, 0.3) is 0 Å². The first-order valence-electron chi connectivity index (χ1n) is 5.34.